The number of H-pyrrole nitrogens is 1. The van der Waals surface area contributed by atoms with Crippen LogP contribution < -0.4 is 0 Å². The van der Waals surface area contributed by atoms with Gasteiger partial charge in [-0.25, -0.2) is 4.79 Å². The lowest BCUT2D eigenvalue weighted by Crippen LogP contribution is -2.17. The molecule has 2 rings (SSSR count). The Kier molecular flexibility index (Phi) is 3.52. The van der Waals surface area contributed by atoms with Crippen LogP contribution in [-0.2, 0) is 15.7 Å². The quantitative estimate of drug-likeness (QED) is 0.536. The Balaban J connectivity index is 2.39. The monoisotopic (exact) mass is 285 g/mol. The number of carbonyl (C=O) groups is 2. The fourth-order valence-corrected chi connectivity index (χ4v) is 1.74. The number of benzene rings is 1. The first-order valence-corrected chi connectivity index (χ1v) is 5.74. The van der Waals surface area contributed by atoms with Gasteiger partial charge in [0.1, 0.15) is 5.69 Å². The summed E-state index contributed by atoms with van der Waals surface area (Å²) < 4.78 is 42.2. The highest BCUT2D eigenvalue weighted by atomic mass is 19.4. The molecule has 1 aromatic carbocycles. The van der Waals surface area contributed by atoms with Crippen LogP contribution in [0.1, 0.15) is 23.0 Å². The van der Waals surface area contributed by atoms with E-state index in [4.69, 9.17) is 0 Å². The predicted octanol–water partition coefficient (Wildman–Crippen LogP) is 2.93. The Labute approximate surface area is 111 Å². The van der Waals surface area contributed by atoms with Crippen molar-refractivity contribution in [1.82, 2.24) is 4.98 Å². The van der Waals surface area contributed by atoms with Crippen LogP contribution in [0.5, 0.6) is 0 Å². The zero-order valence-electron chi connectivity index (χ0n) is 10.4. The van der Waals surface area contributed by atoms with E-state index < -0.39 is 23.6 Å². The van der Waals surface area contributed by atoms with Crippen molar-refractivity contribution in [3.8, 4) is 0 Å². The summed E-state index contributed by atoms with van der Waals surface area (Å²) in [6, 6.07) is 4.70. The molecule has 106 valence electrons. The summed E-state index contributed by atoms with van der Waals surface area (Å²) in [5.74, 6) is -1.91. The van der Waals surface area contributed by atoms with Gasteiger partial charge in [-0.15, -0.1) is 0 Å². The van der Waals surface area contributed by atoms with Gasteiger partial charge in [0.15, 0.2) is 0 Å². The first-order valence-electron chi connectivity index (χ1n) is 5.74. The topological polar surface area (TPSA) is 59.2 Å². The minimum Gasteiger partial charge on any atom is -0.460 e. The standard InChI is InChI=1S/C13H10F3NO3/c1-2-20-12(19)11(18)7-3-4-9-8(5-7)6-10(17-9)13(14,15)16/h3-6,17H,2H2,1H3. The summed E-state index contributed by atoms with van der Waals surface area (Å²) >= 11 is 0. The summed E-state index contributed by atoms with van der Waals surface area (Å²) in [7, 11) is 0. The number of carbonyl (C=O) groups excluding carboxylic acids is 2. The van der Waals surface area contributed by atoms with Crippen LogP contribution in [0.15, 0.2) is 24.3 Å². The molecular formula is C13H10F3NO3. The molecule has 4 nitrogen and oxygen atoms in total. The molecule has 0 atom stereocenters. The Morgan fingerprint density at radius 3 is 2.55 bits per heavy atom. The number of fused-ring (bicyclic) bond motifs is 1. The maximum absolute atomic E-state index is 12.5. The number of nitrogens with one attached hydrogen (secondary N) is 1. The van der Waals surface area contributed by atoms with E-state index in [-0.39, 0.29) is 23.1 Å². The maximum atomic E-state index is 12.5. The van der Waals surface area contributed by atoms with Crippen LogP contribution in [0.25, 0.3) is 10.9 Å². The molecular weight excluding hydrogens is 275 g/mol. The average Bonchev–Trinajstić information content (AvgIpc) is 2.80. The number of hydrogen-bond acceptors (Lipinski definition) is 3. The Morgan fingerprint density at radius 2 is 1.95 bits per heavy atom. The first kappa shape index (κ1) is 14.1. The van der Waals surface area contributed by atoms with Crippen molar-refractivity contribution in [3.63, 3.8) is 0 Å². The molecule has 0 aliphatic rings. The summed E-state index contributed by atoms with van der Waals surface area (Å²) in [5.41, 5.74) is -0.686. The van der Waals surface area contributed by atoms with Gasteiger partial charge < -0.3 is 9.72 Å². The van der Waals surface area contributed by atoms with Gasteiger partial charge in [-0.1, -0.05) is 0 Å². The van der Waals surface area contributed by atoms with Crippen molar-refractivity contribution >= 4 is 22.7 Å². The Morgan fingerprint density at radius 1 is 1.25 bits per heavy atom. The number of halogens is 3. The second-order valence-electron chi connectivity index (χ2n) is 4.03. The third kappa shape index (κ3) is 2.66. The normalized spacial score (nSPS) is 11.6. The molecule has 1 N–H and O–H groups in total. The first-order chi connectivity index (χ1) is 9.32. The SMILES string of the molecule is CCOC(=O)C(=O)c1ccc2[nH]c(C(F)(F)F)cc2c1. The highest BCUT2D eigenvalue weighted by Gasteiger charge is 2.32. The van der Waals surface area contributed by atoms with Crippen molar-refractivity contribution in [3.05, 3.63) is 35.5 Å². The second-order valence-corrected chi connectivity index (χ2v) is 4.03. The van der Waals surface area contributed by atoms with Gasteiger partial charge in [0.05, 0.1) is 6.61 Å². The van der Waals surface area contributed by atoms with Crippen LogP contribution in [0.3, 0.4) is 0 Å². The number of ketones is 1. The van der Waals surface area contributed by atoms with Crippen LogP contribution in [0.2, 0.25) is 0 Å². The Hall–Kier alpha value is -2.31. The van der Waals surface area contributed by atoms with Gasteiger partial charge in [-0.3, -0.25) is 4.79 Å². The van der Waals surface area contributed by atoms with Gasteiger partial charge in [-0.2, -0.15) is 13.2 Å². The van der Waals surface area contributed by atoms with Crippen molar-refractivity contribution in [1.29, 1.82) is 0 Å². The summed E-state index contributed by atoms with van der Waals surface area (Å²) in [5, 5.41) is 0.201. The summed E-state index contributed by atoms with van der Waals surface area (Å²) in [6.07, 6.45) is -4.50. The molecule has 0 aliphatic heterocycles. The van der Waals surface area contributed by atoms with E-state index >= 15 is 0 Å². The van der Waals surface area contributed by atoms with E-state index in [1.807, 2.05) is 0 Å². The zero-order valence-corrected chi connectivity index (χ0v) is 10.4. The number of aromatic nitrogens is 1. The van der Waals surface area contributed by atoms with Crippen LogP contribution in [0, 0.1) is 0 Å². The number of alkyl halides is 3. The minimum atomic E-state index is -4.50. The van der Waals surface area contributed by atoms with Crippen molar-refractivity contribution in [2.75, 3.05) is 6.61 Å². The molecule has 0 fully saturated rings. The number of hydrogen-bond donors (Lipinski definition) is 1. The van der Waals surface area contributed by atoms with Gasteiger partial charge >= 0.3 is 12.1 Å². The summed E-state index contributed by atoms with van der Waals surface area (Å²) in [6.45, 7) is 1.60. The lowest BCUT2D eigenvalue weighted by atomic mass is 10.1. The van der Waals surface area contributed by atoms with Crippen LogP contribution in [0.4, 0.5) is 13.2 Å². The van der Waals surface area contributed by atoms with Crippen LogP contribution in [-0.4, -0.2) is 23.3 Å². The maximum Gasteiger partial charge on any atom is 0.431 e. The molecule has 20 heavy (non-hydrogen) atoms. The predicted molar refractivity (Wildman–Crippen MR) is 64.3 cm³/mol. The molecule has 1 heterocycles. The molecule has 0 bridgehead atoms. The van der Waals surface area contributed by atoms with E-state index in [0.717, 1.165) is 6.07 Å². The van der Waals surface area contributed by atoms with E-state index in [2.05, 4.69) is 9.72 Å². The van der Waals surface area contributed by atoms with E-state index in [1.54, 1.807) is 6.92 Å². The molecule has 0 amide bonds. The molecule has 0 radical (unpaired) electrons. The lowest BCUT2D eigenvalue weighted by Gasteiger charge is -2.01. The minimum absolute atomic E-state index is 0.0105. The summed E-state index contributed by atoms with van der Waals surface area (Å²) in [4.78, 5) is 25.2. The highest BCUT2D eigenvalue weighted by molar-refractivity contribution is 6.40. The van der Waals surface area contributed by atoms with Crippen molar-refractivity contribution in [2.24, 2.45) is 0 Å². The molecule has 2 aromatic rings. The molecule has 0 saturated carbocycles. The fourth-order valence-electron chi connectivity index (χ4n) is 1.74. The largest absolute Gasteiger partial charge is 0.460 e. The lowest BCUT2D eigenvalue weighted by molar-refractivity contribution is -0.140. The Bertz CT molecular complexity index is 673. The molecule has 0 spiro atoms. The zero-order chi connectivity index (χ0) is 14.9. The third-order valence-electron chi connectivity index (χ3n) is 2.65. The number of Topliss-reactive ketones (excluding diaryl/α,β-unsaturated/α-hetero) is 1. The third-order valence-corrected chi connectivity index (χ3v) is 2.65. The van der Waals surface area contributed by atoms with E-state index in [9.17, 15) is 22.8 Å². The highest BCUT2D eigenvalue weighted by Crippen LogP contribution is 2.31. The fraction of sp³-hybridized carbons (Fsp3) is 0.231. The van der Waals surface area contributed by atoms with Crippen LogP contribution >= 0.6 is 0 Å². The smallest absolute Gasteiger partial charge is 0.431 e. The molecule has 7 heteroatoms. The molecule has 0 unspecified atom stereocenters. The number of ether oxygens (including phenoxy) is 1. The number of rotatable bonds is 3. The number of aromatic amines is 1. The molecule has 0 saturated heterocycles. The van der Waals surface area contributed by atoms with Gasteiger partial charge in [0.25, 0.3) is 5.78 Å². The van der Waals surface area contributed by atoms with Crippen molar-refractivity contribution < 1.29 is 27.5 Å². The second kappa shape index (κ2) is 4.99. The van der Waals surface area contributed by atoms with Gasteiger partial charge in [0, 0.05) is 16.5 Å². The number of esters is 1. The van der Waals surface area contributed by atoms with Crippen molar-refractivity contribution in [2.45, 2.75) is 13.1 Å². The van der Waals surface area contributed by atoms with E-state index in [1.165, 1.54) is 18.2 Å². The average molecular weight is 285 g/mol. The van der Waals surface area contributed by atoms with Gasteiger partial charge in [-0.05, 0) is 31.2 Å². The van der Waals surface area contributed by atoms with Gasteiger partial charge in [0.2, 0.25) is 0 Å². The molecule has 0 aliphatic carbocycles. The molecule has 1 aromatic heterocycles. The van der Waals surface area contributed by atoms with E-state index in [0.29, 0.717) is 0 Å².